The fourth-order valence-corrected chi connectivity index (χ4v) is 1.11. The standard InChI is InChI=1S/C11H9ClN2/c1-2-3-8-14(9-13)11-6-4-10(12)5-7-11/h3-7H,1,8H2. The van der Waals surface area contributed by atoms with Crippen molar-refractivity contribution in [2.75, 3.05) is 11.4 Å². The topological polar surface area (TPSA) is 27.0 Å². The van der Waals surface area contributed by atoms with Gasteiger partial charge in [-0.15, -0.1) is 5.73 Å². The summed E-state index contributed by atoms with van der Waals surface area (Å²) in [6.45, 7) is 3.91. The van der Waals surface area contributed by atoms with Crippen LogP contribution in [0.2, 0.25) is 5.02 Å². The molecule has 0 radical (unpaired) electrons. The summed E-state index contributed by atoms with van der Waals surface area (Å²) in [5.41, 5.74) is 3.43. The molecular formula is C11H9ClN2. The van der Waals surface area contributed by atoms with E-state index in [2.05, 4.69) is 18.5 Å². The molecule has 1 aromatic carbocycles. The van der Waals surface area contributed by atoms with E-state index in [4.69, 9.17) is 16.9 Å². The highest BCUT2D eigenvalue weighted by Gasteiger charge is 2.01. The van der Waals surface area contributed by atoms with Gasteiger partial charge in [0.15, 0.2) is 6.19 Å². The molecule has 0 amide bonds. The maximum atomic E-state index is 8.85. The first-order valence-electron chi connectivity index (χ1n) is 4.05. The molecule has 14 heavy (non-hydrogen) atoms. The zero-order chi connectivity index (χ0) is 10.4. The number of benzene rings is 1. The minimum atomic E-state index is 0.474. The number of hydrogen-bond donors (Lipinski definition) is 0. The fraction of sp³-hybridized carbons (Fsp3) is 0.0909. The van der Waals surface area contributed by atoms with Crippen molar-refractivity contribution in [1.29, 1.82) is 5.26 Å². The summed E-state index contributed by atoms with van der Waals surface area (Å²) in [5.74, 6) is 0. The molecule has 0 aliphatic carbocycles. The number of rotatable bonds is 3. The minimum absolute atomic E-state index is 0.474. The van der Waals surface area contributed by atoms with Crippen molar-refractivity contribution in [1.82, 2.24) is 0 Å². The lowest BCUT2D eigenvalue weighted by Crippen LogP contribution is -2.15. The Kier molecular flexibility index (Phi) is 3.82. The van der Waals surface area contributed by atoms with E-state index in [-0.39, 0.29) is 0 Å². The molecule has 1 rings (SSSR count). The highest BCUT2D eigenvalue weighted by atomic mass is 35.5. The van der Waals surface area contributed by atoms with Crippen LogP contribution in [-0.2, 0) is 0 Å². The summed E-state index contributed by atoms with van der Waals surface area (Å²) in [4.78, 5) is 1.52. The van der Waals surface area contributed by atoms with Gasteiger partial charge in [-0.3, -0.25) is 4.90 Å². The zero-order valence-corrected chi connectivity index (χ0v) is 8.33. The number of nitriles is 1. The van der Waals surface area contributed by atoms with Crippen molar-refractivity contribution in [3.05, 3.63) is 47.7 Å². The third-order valence-electron chi connectivity index (χ3n) is 1.68. The van der Waals surface area contributed by atoms with Gasteiger partial charge in [0, 0.05) is 5.02 Å². The Bertz CT molecular complexity index is 383. The van der Waals surface area contributed by atoms with Crippen molar-refractivity contribution >= 4 is 17.3 Å². The van der Waals surface area contributed by atoms with E-state index in [0.717, 1.165) is 5.69 Å². The van der Waals surface area contributed by atoms with Gasteiger partial charge in [0.1, 0.15) is 0 Å². The van der Waals surface area contributed by atoms with Crippen molar-refractivity contribution in [2.24, 2.45) is 0 Å². The van der Waals surface area contributed by atoms with Gasteiger partial charge in [-0.2, -0.15) is 5.26 Å². The van der Waals surface area contributed by atoms with Crippen LogP contribution in [0.15, 0.2) is 42.7 Å². The van der Waals surface area contributed by atoms with Crippen LogP contribution in [0.25, 0.3) is 0 Å². The molecule has 0 aliphatic rings. The Morgan fingerprint density at radius 2 is 2.07 bits per heavy atom. The van der Waals surface area contributed by atoms with Crippen molar-refractivity contribution in [2.45, 2.75) is 0 Å². The molecule has 0 N–H and O–H groups in total. The molecule has 0 bridgehead atoms. The lowest BCUT2D eigenvalue weighted by molar-refractivity contribution is 1.10. The molecule has 0 aliphatic heterocycles. The Hall–Kier alpha value is -1.68. The van der Waals surface area contributed by atoms with Crippen LogP contribution >= 0.6 is 11.6 Å². The Labute approximate surface area is 88.3 Å². The predicted molar refractivity (Wildman–Crippen MR) is 58.1 cm³/mol. The summed E-state index contributed by atoms with van der Waals surface area (Å²) >= 11 is 5.73. The summed E-state index contributed by atoms with van der Waals surface area (Å²) in [6.07, 6.45) is 3.76. The second-order valence-electron chi connectivity index (χ2n) is 2.60. The first-order chi connectivity index (χ1) is 6.77. The third kappa shape index (κ3) is 2.67. The van der Waals surface area contributed by atoms with Gasteiger partial charge in [-0.25, -0.2) is 0 Å². The zero-order valence-electron chi connectivity index (χ0n) is 7.57. The molecule has 0 unspecified atom stereocenters. The van der Waals surface area contributed by atoms with E-state index in [9.17, 15) is 0 Å². The Balaban J connectivity index is 2.85. The van der Waals surface area contributed by atoms with Gasteiger partial charge >= 0.3 is 0 Å². The molecule has 3 heteroatoms. The molecule has 0 heterocycles. The first kappa shape index (κ1) is 10.4. The quantitative estimate of drug-likeness (QED) is 0.430. The Morgan fingerprint density at radius 1 is 1.43 bits per heavy atom. The average Bonchev–Trinajstić information content (AvgIpc) is 2.21. The number of hydrogen-bond acceptors (Lipinski definition) is 2. The maximum absolute atomic E-state index is 8.85. The normalized spacial score (nSPS) is 8.57. The maximum Gasteiger partial charge on any atom is 0.184 e. The van der Waals surface area contributed by atoms with Crippen LogP contribution in [0.1, 0.15) is 0 Å². The molecule has 0 fully saturated rings. The Morgan fingerprint density at radius 3 is 2.57 bits per heavy atom. The second-order valence-corrected chi connectivity index (χ2v) is 3.03. The molecule has 0 aromatic heterocycles. The van der Waals surface area contributed by atoms with Crippen LogP contribution in [0.5, 0.6) is 0 Å². The van der Waals surface area contributed by atoms with Crippen LogP contribution < -0.4 is 4.90 Å². The highest BCUT2D eigenvalue weighted by molar-refractivity contribution is 6.30. The highest BCUT2D eigenvalue weighted by Crippen LogP contribution is 2.16. The van der Waals surface area contributed by atoms with Gasteiger partial charge in [0.2, 0.25) is 0 Å². The fourth-order valence-electron chi connectivity index (χ4n) is 0.981. The monoisotopic (exact) mass is 204 g/mol. The lowest BCUT2D eigenvalue weighted by atomic mass is 10.3. The molecule has 2 nitrogen and oxygen atoms in total. The average molecular weight is 205 g/mol. The molecule has 0 spiro atoms. The molecule has 0 saturated heterocycles. The molecular weight excluding hydrogens is 196 g/mol. The summed E-state index contributed by atoms with van der Waals surface area (Å²) in [6, 6.07) is 7.09. The third-order valence-corrected chi connectivity index (χ3v) is 1.93. The van der Waals surface area contributed by atoms with Crippen molar-refractivity contribution < 1.29 is 0 Å². The van der Waals surface area contributed by atoms with Crippen LogP contribution in [-0.4, -0.2) is 6.54 Å². The van der Waals surface area contributed by atoms with Gasteiger partial charge in [0.05, 0.1) is 12.2 Å². The molecule has 0 atom stereocenters. The smallest absolute Gasteiger partial charge is 0.184 e. The number of halogens is 1. The van der Waals surface area contributed by atoms with Crippen LogP contribution in [0.3, 0.4) is 0 Å². The van der Waals surface area contributed by atoms with E-state index < -0.39 is 0 Å². The van der Waals surface area contributed by atoms with Crippen LogP contribution in [0.4, 0.5) is 5.69 Å². The van der Waals surface area contributed by atoms with E-state index in [1.165, 1.54) is 4.90 Å². The first-order valence-corrected chi connectivity index (χ1v) is 4.43. The van der Waals surface area contributed by atoms with Crippen molar-refractivity contribution in [3.63, 3.8) is 0 Å². The summed E-state index contributed by atoms with van der Waals surface area (Å²) in [7, 11) is 0. The summed E-state index contributed by atoms with van der Waals surface area (Å²) < 4.78 is 0. The van der Waals surface area contributed by atoms with E-state index in [0.29, 0.717) is 11.6 Å². The van der Waals surface area contributed by atoms with Crippen molar-refractivity contribution in [3.8, 4) is 6.19 Å². The van der Waals surface area contributed by atoms with E-state index in [1.807, 2.05) is 0 Å². The second kappa shape index (κ2) is 5.14. The van der Waals surface area contributed by atoms with E-state index >= 15 is 0 Å². The lowest BCUT2D eigenvalue weighted by Gasteiger charge is -2.12. The minimum Gasteiger partial charge on any atom is -0.275 e. The van der Waals surface area contributed by atoms with Gasteiger partial charge in [-0.05, 0) is 30.3 Å². The predicted octanol–water partition coefficient (Wildman–Crippen LogP) is 2.97. The molecule has 1 aromatic rings. The number of anilines is 1. The SMILES string of the molecule is C=C=CCN(C#N)c1ccc(Cl)cc1. The summed E-state index contributed by atoms with van der Waals surface area (Å²) in [5, 5.41) is 9.51. The van der Waals surface area contributed by atoms with Gasteiger partial charge in [0.25, 0.3) is 0 Å². The van der Waals surface area contributed by atoms with E-state index in [1.54, 1.807) is 30.3 Å². The number of nitrogens with zero attached hydrogens (tertiary/aromatic N) is 2. The van der Waals surface area contributed by atoms with Gasteiger partial charge in [-0.1, -0.05) is 18.2 Å². The molecule has 0 saturated carbocycles. The molecule has 70 valence electrons. The van der Waals surface area contributed by atoms with Gasteiger partial charge < -0.3 is 0 Å². The largest absolute Gasteiger partial charge is 0.275 e. The van der Waals surface area contributed by atoms with Crippen LogP contribution in [0, 0.1) is 11.5 Å².